The zero-order valence-corrected chi connectivity index (χ0v) is 18.7. The van der Waals surface area contributed by atoms with Gasteiger partial charge in [-0.3, -0.25) is 20.3 Å². The summed E-state index contributed by atoms with van der Waals surface area (Å²) in [5.41, 5.74) is 3.05. The van der Waals surface area contributed by atoms with Gasteiger partial charge in [-0.2, -0.15) is 15.1 Å². The number of aryl methyl sites for hydroxylation is 1. The van der Waals surface area contributed by atoms with Crippen LogP contribution in [0.4, 0.5) is 5.69 Å². The Morgan fingerprint density at radius 2 is 2.06 bits per heavy atom. The number of amidine groups is 2. The molecule has 2 aliphatic heterocycles. The number of amides is 1. The number of benzene rings is 1. The van der Waals surface area contributed by atoms with Crippen LogP contribution in [0.1, 0.15) is 30.3 Å². The number of aliphatic imine (C=N–C) groups is 1. The fourth-order valence-corrected chi connectivity index (χ4v) is 4.42. The van der Waals surface area contributed by atoms with Crippen LogP contribution in [0.5, 0.6) is 5.75 Å². The van der Waals surface area contributed by atoms with Gasteiger partial charge in [0, 0.05) is 17.5 Å². The van der Waals surface area contributed by atoms with Gasteiger partial charge in [-0.25, -0.2) is 0 Å². The van der Waals surface area contributed by atoms with Crippen LogP contribution in [0.15, 0.2) is 39.9 Å². The second-order valence-corrected chi connectivity index (χ2v) is 8.18. The van der Waals surface area contributed by atoms with E-state index >= 15 is 0 Å². The summed E-state index contributed by atoms with van der Waals surface area (Å²) < 4.78 is 7.28. The zero-order chi connectivity index (χ0) is 23.2. The predicted molar refractivity (Wildman–Crippen MR) is 124 cm³/mol. The lowest BCUT2D eigenvalue weighted by atomic mass is 10.1. The smallest absolute Gasteiger partial charge is 0.283 e. The normalized spacial score (nSPS) is 16.9. The number of methoxy groups -OCH3 is 1. The molecule has 0 bridgehead atoms. The first-order valence-electron chi connectivity index (χ1n) is 9.76. The first-order valence-corrected chi connectivity index (χ1v) is 10.6. The summed E-state index contributed by atoms with van der Waals surface area (Å²) in [6.45, 7) is 5.70. The molecule has 0 aliphatic carbocycles. The number of fused-ring (bicyclic) bond motifs is 1. The quantitative estimate of drug-likeness (QED) is 0.414. The van der Waals surface area contributed by atoms with E-state index in [0.29, 0.717) is 23.0 Å². The van der Waals surface area contributed by atoms with Gasteiger partial charge >= 0.3 is 0 Å². The first-order chi connectivity index (χ1) is 15.2. The first kappa shape index (κ1) is 21.5. The summed E-state index contributed by atoms with van der Waals surface area (Å²) in [6.07, 6.45) is 2.32. The van der Waals surface area contributed by atoms with Gasteiger partial charge in [0.05, 0.1) is 29.4 Å². The molecular formula is C21H20N6O4S. The van der Waals surface area contributed by atoms with Crippen molar-refractivity contribution in [2.75, 3.05) is 7.11 Å². The number of hydrogen-bond donors (Lipinski definition) is 1. The maximum Gasteiger partial charge on any atom is 0.283 e. The fourth-order valence-electron chi connectivity index (χ4n) is 3.60. The number of hydrogen-bond acceptors (Lipinski definition) is 7. The number of nitrogens with one attached hydrogen (secondary N) is 1. The number of ether oxygens (including phenoxy) is 1. The SMILES string of the molecule is CCC1=NN2C(=N)/C(=C\c3cc(C)n(-c4ccc([N+](=O)[O-])cc4OC)c3C)C(=O)N=C2S1. The van der Waals surface area contributed by atoms with E-state index in [9.17, 15) is 14.9 Å². The van der Waals surface area contributed by atoms with Crippen LogP contribution in [-0.4, -0.2) is 43.6 Å². The number of nitro benzene ring substituents is 1. The molecule has 1 aromatic carbocycles. The van der Waals surface area contributed by atoms with E-state index in [4.69, 9.17) is 10.1 Å². The van der Waals surface area contributed by atoms with Gasteiger partial charge < -0.3 is 9.30 Å². The van der Waals surface area contributed by atoms with E-state index in [-0.39, 0.29) is 17.1 Å². The Kier molecular flexibility index (Phi) is 5.43. The third-order valence-electron chi connectivity index (χ3n) is 5.18. The van der Waals surface area contributed by atoms with E-state index in [1.165, 1.54) is 36.0 Å². The molecule has 3 heterocycles. The lowest BCUT2D eigenvalue weighted by molar-refractivity contribution is -0.384. The second-order valence-electron chi connectivity index (χ2n) is 7.14. The molecule has 0 fully saturated rings. The molecule has 0 spiro atoms. The van der Waals surface area contributed by atoms with E-state index < -0.39 is 10.8 Å². The van der Waals surface area contributed by atoms with Crippen molar-refractivity contribution in [1.82, 2.24) is 9.58 Å². The number of aromatic nitrogens is 1. The minimum Gasteiger partial charge on any atom is -0.494 e. The summed E-state index contributed by atoms with van der Waals surface area (Å²) in [5.74, 6) is -0.154. The minimum atomic E-state index is -0.487. The van der Waals surface area contributed by atoms with Crippen molar-refractivity contribution < 1.29 is 14.5 Å². The predicted octanol–water partition coefficient (Wildman–Crippen LogP) is 4.04. The molecule has 0 saturated carbocycles. The van der Waals surface area contributed by atoms with Crippen LogP contribution in [0, 0.1) is 29.4 Å². The van der Waals surface area contributed by atoms with Crippen LogP contribution in [-0.2, 0) is 4.79 Å². The average molecular weight is 452 g/mol. The highest BCUT2D eigenvalue weighted by Crippen LogP contribution is 2.33. The molecular weight excluding hydrogens is 432 g/mol. The summed E-state index contributed by atoms with van der Waals surface area (Å²) >= 11 is 1.30. The molecule has 32 heavy (non-hydrogen) atoms. The Labute approximate surface area is 187 Å². The molecule has 10 nitrogen and oxygen atoms in total. The van der Waals surface area contributed by atoms with Crippen LogP contribution < -0.4 is 4.74 Å². The summed E-state index contributed by atoms with van der Waals surface area (Å²) in [4.78, 5) is 27.4. The lowest BCUT2D eigenvalue weighted by Crippen LogP contribution is -2.35. The van der Waals surface area contributed by atoms with Gasteiger partial charge in [0.1, 0.15) is 10.8 Å². The largest absolute Gasteiger partial charge is 0.494 e. The standard InChI is InChI=1S/C21H20N6O4S/c1-5-18-24-26-19(22)15(20(28)23-21(26)32-18)9-13-8-11(2)25(12(13)3)16-7-6-14(27(29)30)10-17(16)31-4/h6-10,22H,5H2,1-4H3/b15-9+,22-19?. The van der Waals surface area contributed by atoms with Gasteiger partial charge in [-0.15, -0.1) is 0 Å². The fraction of sp³-hybridized carbons (Fsp3) is 0.238. The van der Waals surface area contributed by atoms with Crippen LogP contribution in [0.25, 0.3) is 11.8 Å². The Morgan fingerprint density at radius 3 is 2.72 bits per heavy atom. The van der Waals surface area contributed by atoms with Crippen molar-refractivity contribution in [2.24, 2.45) is 10.1 Å². The topological polar surface area (TPSA) is 126 Å². The van der Waals surface area contributed by atoms with Crippen molar-refractivity contribution in [2.45, 2.75) is 27.2 Å². The molecule has 0 radical (unpaired) electrons. The molecule has 0 unspecified atom stereocenters. The summed E-state index contributed by atoms with van der Waals surface area (Å²) in [5, 5.41) is 26.5. The van der Waals surface area contributed by atoms with Crippen molar-refractivity contribution in [1.29, 1.82) is 5.41 Å². The van der Waals surface area contributed by atoms with E-state index in [1.54, 1.807) is 12.1 Å². The average Bonchev–Trinajstić information content (AvgIpc) is 3.30. The summed E-state index contributed by atoms with van der Waals surface area (Å²) in [7, 11) is 1.45. The number of carbonyl (C=O) groups is 1. The monoisotopic (exact) mass is 452 g/mol. The molecule has 164 valence electrons. The molecule has 2 aromatic rings. The van der Waals surface area contributed by atoms with E-state index in [1.807, 2.05) is 31.4 Å². The van der Waals surface area contributed by atoms with Gasteiger partial charge in [-0.1, -0.05) is 6.92 Å². The molecule has 1 aromatic heterocycles. The third-order valence-corrected chi connectivity index (χ3v) is 6.24. The number of non-ortho nitro benzene ring substituents is 1. The number of nitrogens with zero attached hydrogens (tertiary/aromatic N) is 5. The highest BCUT2D eigenvalue weighted by molar-refractivity contribution is 8.26. The van der Waals surface area contributed by atoms with Crippen LogP contribution >= 0.6 is 11.8 Å². The molecule has 11 heteroatoms. The summed E-state index contributed by atoms with van der Waals surface area (Å²) in [6, 6.07) is 6.29. The molecule has 1 amide bonds. The van der Waals surface area contributed by atoms with Crippen molar-refractivity contribution in [3.63, 3.8) is 0 Å². The lowest BCUT2D eigenvalue weighted by Gasteiger charge is -2.20. The maximum atomic E-state index is 12.6. The number of carbonyl (C=O) groups excluding carboxylic acids is 1. The van der Waals surface area contributed by atoms with Crippen molar-refractivity contribution in [3.05, 3.63) is 56.9 Å². The third kappa shape index (κ3) is 3.50. The van der Waals surface area contributed by atoms with E-state index in [2.05, 4.69) is 10.1 Å². The van der Waals surface area contributed by atoms with Gasteiger partial charge in [0.2, 0.25) is 5.17 Å². The molecule has 0 atom stereocenters. The molecule has 2 aliphatic rings. The van der Waals surface area contributed by atoms with Crippen molar-refractivity contribution in [3.8, 4) is 11.4 Å². The number of rotatable bonds is 5. The van der Waals surface area contributed by atoms with Gasteiger partial charge in [-0.05, 0) is 55.8 Å². The van der Waals surface area contributed by atoms with Gasteiger partial charge in [0.25, 0.3) is 11.6 Å². The zero-order valence-electron chi connectivity index (χ0n) is 17.9. The number of hydrazone groups is 1. The van der Waals surface area contributed by atoms with E-state index in [0.717, 1.165) is 22.0 Å². The minimum absolute atomic E-state index is 0.0198. The Morgan fingerprint density at radius 1 is 1.31 bits per heavy atom. The molecule has 4 rings (SSSR count). The highest BCUT2D eigenvalue weighted by atomic mass is 32.2. The van der Waals surface area contributed by atoms with Crippen molar-refractivity contribution >= 4 is 45.5 Å². The van der Waals surface area contributed by atoms with Crippen LogP contribution in [0.2, 0.25) is 0 Å². The Balaban J connectivity index is 1.77. The number of nitro groups is 1. The van der Waals surface area contributed by atoms with Crippen LogP contribution in [0.3, 0.4) is 0 Å². The second kappa shape index (κ2) is 8.08. The maximum absolute atomic E-state index is 12.6. The Bertz CT molecular complexity index is 1270. The van der Waals surface area contributed by atoms with Gasteiger partial charge in [0.15, 0.2) is 5.84 Å². The highest BCUT2D eigenvalue weighted by Gasteiger charge is 2.35. The number of thioether (sulfide) groups is 1. The molecule has 1 N–H and O–H groups in total. The molecule has 0 saturated heterocycles. The Hall–Kier alpha value is -3.73.